The molecule has 0 saturated carbocycles. The zero-order valence-corrected chi connectivity index (χ0v) is 11.2. The molecule has 5 heteroatoms. The first-order valence-electron chi connectivity index (χ1n) is 5.22. The van der Waals surface area contributed by atoms with Crippen LogP contribution in [-0.4, -0.2) is 11.9 Å². The van der Waals surface area contributed by atoms with Crippen molar-refractivity contribution in [1.29, 1.82) is 0 Å². The summed E-state index contributed by atoms with van der Waals surface area (Å²) in [6.07, 6.45) is 0. The lowest BCUT2D eigenvalue weighted by atomic mass is 10.0. The molecule has 0 fully saturated rings. The minimum absolute atomic E-state index is 0.0809. The Bertz CT molecular complexity index is 365. The molecule has 2 atom stereocenters. The zero-order chi connectivity index (χ0) is 12.3. The Labute approximate surface area is 105 Å². The topological polar surface area (TPSA) is 55.1 Å². The van der Waals surface area contributed by atoms with Crippen LogP contribution in [0.25, 0.3) is 0 Å². The van der Waals surface area contributed by atoms with Crippen molar-refractivity contribution in [3.63, 3.8) is 0 Å². The van der Waals surface area contributed by atoms with Gasteiger partial charge in [-0.25, -0.2) is 0 Å². The van der Waals surface area contributed by atoms with Crippen molar-refractivity contribution in [2.75, 3.05) is 0 Å². The van der Waals surface area contributed by atoms with E-state index in [0.717, 1.165) is 9.21 Å². The summed E-state index contributed by atoms with van der Waals surface area (Å²) in [7, 11) is 0. The molecule has 1 amide bonds. The fourth-order valence-electron chi connectivity index (χ4n) is 1.52. The van der Waals surface area contributed by atoms with Gasteiger partial charge in [0.15, 0.2) is 0 Å². The third kappa shape index (κ3) is 3.47. The second-order valence-corrected chi connectivity index (χ2v) is 5.90. The molecule has 3 nitrogen and oxygen atoms in total. The van der Waals surface area contributed by atoms with E-state index in [1.54, 1.807) is 0 Å². The number of carbonyl (C=O) groups excluding carboxylic acids is 1. The van der Waals surface area contributed by atoms with Crippen LogP contribution in [0, 0.1) is 5.92 Å². The molecule has 0 saturated heterocycles. The lowest BCUT2D eigenvalue weighted by molar-refractivity contribution is -0.121. The molecule has 0 aromatic carbocycles. The molecular weight excluding hydrogens is 244 g/mol. The van der Waals surface area contributed by atoms with Gasteiger partial charge < -0.3 is 5.73 Å². The van der Waals surface area contributed by atoms with Gasteiger partial charge in [-0.15, -0.1) is 11.3 Å². The summed E-state index contributed by atoms with van der Waals surface area (Å²) >= 11 is 7.38. The number of carbonyl (C=O) groups is 1. The van der Waals surface area contributed by atoms with Gasteiger partial charge in [0.1, 0.15) is 0 Å². The van der Waals surface area contributed by atoms with Gasteiger partial charge in [-0.2, -0.15) is 0 Å². The van der Waals surface area contributed by atoms with Crippen LogP contribution in [0.5, 0.6) is 0 Å². The van der Waals surface area contributed by atoms with Crippen LogP contribution in [0.3, 0.4) is 0 Å². The van der Waals surface area contributed by atoms with E-state index in [-0.39, 0.29) is 23.9 Å². The number of amides is 1. The summed E-state index contributed by atoms with van der Waals surface area (Å²) in [6.45, 7) is 5.94. The standard InChI is InChI=1S/C11H17ClN2OS/c1-6(2)10(11(13)15)14-7(3)8-4-5-9(12)16-8/h4-7,10,14H,1-3H3,(H2,13,15). The molecule has 1 aromatic heterocycles. The predicted molar refractivity (Wildman–Crippen MR) is 68.7 cm³/mol. The molecule has 16 heavy (non-hydrogen) atoms. The Morgan fingerprint density at radius 3 is 2.44 bits per heavy atom. The van der Waals surface area contributed by atoms with E-state index < -0.39 is 0 Å². The number of primary amides is 1. The third-order valence-corrected chi connectivity index (χ3v) is 3.84. The van der Waals surface area contributed by atoms with Gasteiger partial charge in [0, 0.05) is 10.9 Å². The van der Waals surface area contributed by atoms with Gasteiger partial charge in [0.05, 0.1) is 10.4 Å². The third-order valence-electron chi connectivity index (χ3n) is 2.42. The van der Waals surface area contributed by atoms with Gasteiger partial charge in [-0.05, 0) is 25.0 Å². The highest BCUT2D eigenvalue weighted by Gasteiger charge is 2.22. The van der Waals surface area contributed by atoms with Gasteiger partial charge in [0.2, 0.25) is 5.91 Å². The van der Waals surface area contributed by atoms with Crippen LogP contribution in [0.4, 0.5) is 0 Å². The van der Waals surface area contributed by atoms with Crippen molar-refractivity contribution >= 4 is 28.8 Å². The number of hydrogen-bond donors (Lipinski definition) is 2. The molecule has 1 aromatic rings. The molecule has 0 spiro atoms. The highest BCUT2D eigenvalue weighted by molar-refractivity contribution is 7.16. The van der Waals surface area contributed by atoms with Crippen molar-refractivity contribution in [3.05, 3.63) is 21.3 Å². The van der Waals surface area contributed by atoms with Gasteiger partial charge >= 0.3 is 0 Å². The van der Waals surface area contributed by atoms with Crippen LogP contribution in [0.1, 0.15) is 31.7 Å². The fourth-order valence-corrected chi connectivity index (χ4v) is 2.59. The van der Waals surface area contributed by atoms with E-state index >= 15 is 0 Å². The van der Waals surface area contributed by atoms with Crippen molar-refractivity contribution in [1.82, 2.24) is 5.32 Å². The van der Waals surface area contributed by atoms with Gasteiger partial charge in [-0.1, -0.05) is 25.4 Å². The van der Waals surface area contributed by atoms with E-state index in [1.165, 1.54) is 11.3 Å². The predicted octanol–water partition coefficient (Wildman–Crippen LogP) is 2.56. The fraction of sp³-hybridized carbons (Fsp3) is 0.545. The maximum Gasteiger partial charge on any atom is 0.234 e. The minimum Gasteiger partial charge on any atom is -0.368 e. The van der Waals surface area contributed by atoms with Crippen LogP contribution in [0.2, 0.25) is 4.34 Å². The van der Waals surface area contributed by atoms with Crippen LogP contribution >= 0.6 is 22.9 Å². The number of thiophene rings is 1. The molecule has 0 bridgehead atoms. The van der Waals surface area contributed by atoms with Crippen molar-refractivity contribution in [3.8, 4) is 0 Å². The average molecular weight is 261 g/mol. The molecule has 0 aliphatic carbocycles. The smallest absolute Gasteiger partial charge is 0.234 e. The lowest BCUT2D eigenvalue weighted by Gasteiger charge is -2.23. The molecule has 1 heterocycles. The van der Waals surface area contributed by atoms with Crippen LogP contribution < -0.4 is 11.1 Å². The average Bonchev–Trinajstić information content (AvgIpc) is 2.59. The lowest BCUT2D eigenvalue weighted by Crippen LogP contribution is -2.45. The summed E-state index contributed by atoms with van der Waals surface area (Å²) in [5.41, 5.74) is 5.35. The summed E-state index contributed by atoms with van der Waals surface area (Å²) in [5.74, 6) is -0.139. The molecule has 0 aliphatic heterocycles. The van der Waals surface area contributed by atoms with Crippen molar-refractivity contribution in [2.45, 2.75) is 32.9 Å². The van der Waals surface area contributed by atoms with Gasteiger partial charge in [-0.3, -0.25) is 10.1 Å². The molecular formula is C11H17ClN2OS. The molecule has 2 unspecified atom stereocenters. The quantitative estimate of drug-likeness (QED) is 0.855. The van der Waals surface area contributed by atoms with Crippen molar-refractivity contribution < 1.29 is 4.79 Å². The highest BCUT2D eigenvalue weighted by atomic mass is 35.5. The molecule has 3 N–H and O–H groups in total. The maximum absolute atomic E-state index is 11.3. The Kier molecular flexibility index (Phi) is 4.77. The second-order valence-electron chi connectivity index (χ2n) is 4.15. The Balaban J connectivity index is 2.68. The molecule has 1 rings (SSSR count). The maximum atomic E-state index is 11.3. The number of hydrogen-bond acceptors (Lipinski definition) is 3. The number of halogens is 1. The van der Waals surface area contributed by atoms with Crippen molar-refractivity contribution in [2.24, 2.45) is 11.7 Å². The number of nitrogens with one attached hydrogen (secondary N) is 1. The first kappa shape index (κ1) is 13.5. The largest absolute Gasteiger partial charge is 0.368 e. The first-order valence-corrected chi connectivity index (χ1v) is 6.42. The minimum atomic E-state index is -0.315. The van der Waals surface area contributed by atoms with Gasteiger partial charge in [0.25, 0.3) is 0 Å². The van der Waals surface area contributed by atoms with E-state index in [1.807, 2.05) is 32.9 Å². The Morgan fingerprint density at radius 2 is 2.06 bits per heavy atom. The Morgan fingerprint density at radius 1 is 1.44 bits per heavy atom. The Hall–Kier alpha value is -0.580. The zero-order valence-electron chi connectivity index (χ0n) is 9.66. The van der Waals surface area contributed by atoms with Crippen LogP contribution in [0.15, 0.2) is 12.1 Å². The first-order chi connectivity index (χ1) is 7.41. The normalized spacial score (nSPS) is 15.1. The van der Waals surface area contributed by atoms with E-state index in [4.69, 9.17) is 17.3 Å². The van der Waals surface area contributed by atoms with Crippen LogP contribution in [-0.2, 0) is 4.79 Å². The molecule has 90 valence electrons. The SMILES string of the molecule is CC(NC(C(N)=O)C(C)C)c1ccc(Cl)s1. The molecule has 0 radical (unpaired) electrons. The second kappa shape index (κ2) is 5.66. The summed E-state index contributed by atoms with van der Waals surface area (Å²) in [6, 6.07) is 3.59. The highest BCUT2D eigenvalue weighted by Crippen LogP contribution is 2.27. The van der Waals surface area contributed by atoms with E-state index in [2.05, 4.69) is 5.32 Å². The van der Waals surface area contributed by atoms with E-state index in [0.29, 0.717) is 0 Å². The van der Waals surface area contributed by atoms with E-state index in [9.17, 15) is 4.79 Å². The number of rotatable bonds is 5. The monoisotopic (exact) mass is 260 g/mol. The summed E-state index contributed by atoms with van der Waals surface area (Å²) in [4.78, 5) is 12.4. The summed E-state index contributed by atoms with van der Waals surface area (Å²) in [5, 5.41) is 3.22. The summed E-state index contributed by atoms with van der Waals surface area (Å²) < 4.78 is 0.754. The number of nitrogens with two attached hydrogens (primary N) is 1. The molecule has 0 aliphatic rings.